The molecule has 2 rings (SSSR count). The molecule has 1 unspecified atom stereocenters. The third-order valence-electron chi connectivity index (χ3n) is 3.71. The summed E-state index contributed by atoms with van der Waals surface area (Å²) < 4.78 is 40.1. The molecule has 118 valence electrons. The fraction of sp³-hybridized carbons (Fsp3) is 0.600. The second-order valence-electron chi connectivity index (χ2n) is 5.40. The zero-order chi connectivity index (χ0) is 15.5. The molecule has 1 aromatic carbocycles. The molecule has 1 saturated heterocycles. The van der Waals surface area contributed by atoms with Crippen LogP contribution in [0.3, 0.4) is 0 Å². The molecule has 1 aliphatic heterocycles. The highest BCUT2D eigenvalue weighted by Gasteiger charge is 2.36. The maximum Gasteiger partial charge on any atom is 0.418 e. The van der Waals surface area contributed by atoms with Crippen molar-refractivity contribution in [3.8, 4) is 0 Å². The minimum Gasteiger partial charge on any atom is -0.369 e. The van der Waals surface area contributed by atoms with Gasteiger partial charge in [0, 0.05) is 29.3 Å². The van der Waals surface area contributed by atoms with E-state index in [2.05, 4.69) is 28.2 Å². The fourth-order valence-electron chi connectivity index (χ4n) is 2.72. The SMILES string of the molecule is CCCNC1CCCN(c2ccc(Br)cc2C(F)(F)F)C1. The number of alkyl halides is 3. The lowest BCUT2D eigenvalue weighted by atomic mass is 10.0. The van der Waals surface area contributed by atoms with Crippen molar-refractivity contribution in [3.05, 3.63) is 28.2 Å². The lowest BCUT2D eigenvalue weighted by Gasteiger charge is -2.36. The van der Waals surface area contributed by atoms with Crippen LogP contribution < -0.4 is 10.2 Å². The van der Waals surface area contributed by atoms with Crippen LogP contribution in [-0.4, -0.2) is 25.7 Å². The van der Waals surface area contributed by atoms with E-state index in [0.29, 0.717) is 17.6 Å². The Balaban J connectivity index is 2.21. The van der Waals surface area contributed by atoms with E-state index in [-0.39, 0.29) is 11.7 Å². The van der Waals surface area contributed by atoms with Crippen molar-refractivity contribution in [1.82, 2.24) is 5.32 Å². The van der Waals surface area contributed by atoms with Gasteiger partial charge in [-0.05, 0) is 44.0 Å². The van der Waals surface area contributed by atoms with Crippen molar-refractivity contribution in [1.29, 1.82) is 0 Å². The number of hydrogen-bond acceptors (Lipinski definition) is 2. The van der Waals surface area contributed by atoms with Crippen molar-refractivity contribution in [3.63, 3.8) is 0 Å². The number of nitrogens with one attached hydrogen (secondary N) is 1. The topological polar surface area (TPSA) is 15.3 Å². The molecule has 0 spiro atoms. The highest BCUT2D eigenvalue weighted by Crippen LogP contribution is 2.39. The van der Waals surface area contributed by atoms with Gasteiger partial charge in [-0.25, -0.2) is 0 Å². The quantitative estimate of drug-likeness (QED) is 0.849. The van der Waals surface area contributed by atoms with Crippen molar-refractivity contribution < 1.29 is 13.2 Å². The molecule has 1 heterocycles. The molecule has 1 N–H and O–H groups in total. The molecule has 0 aliphatic carbocycles. The number of hydrogen-bond donors (Lipinski definition) is 1. The van der Waals surface area contributed by atoms with Gasteiger partial charge in [-0.15, -0.1) is 0 Å². The van der Waals surface area contributed by atoms with Crippen LogP contribution >= 0.6 is 15.9 Å². The lowest BCUT2D eigenvalue weighted by Crippen LogP contribution is -2.46. The van der Waals surface area contributed by atoms with Crippen LogP contribution in [0.4, 0.5) is 18.9 Å². The second-order valence-corrected chi connectivity index (χ2v) is 6.31. The van der Waals surface area contributed by atoms with Gasteiger partial charge in [0.25, 0.3) is 0 Å². The molecule has 6 heteroatoms. The number of halogens is 4. The van der Waals surface area contributed by atoms with Gasteiger partial charge in [0.15, 0.2) is 0 Å². The molecule has 0 bridgehead atoms. The monoisotopic (exact) mass is 364 g/mol. The average Bonchev–Trinajstić information content (AvgIpc) is 2.44. The number of rotatable bonds is 4. The first-order chi connectivity index (χ1) is 9.91. The molecular weight excluding hydrogens is 345 g/mol. The van der Waals surface area contributed by atoms with E-state index in [0.717, 1.165) is 25.8 Å². The van der Waals surface area contributed by atoms with E-state index < -0.39 is 11.7 Å². The van der Waals surface area contributed by atoms with Gasteiger partial charge in [-0.2, -0.15) is 13.2 Å². The normalized spacial score (nSPS) is 19.9. The zero-order valence-corrected chi connectivity index (χ0v) is 13.6. The predicted molar refractivity (Wildman–Crippen MR) is 82.7 cm³/mol. The molecule has 2 nitrogen and oxygen atoms in total. The van der Waals surface area contributed by atoms with E-state index in [1.165, 1.54) is 6.07 Å². The smallest absolute Gasteiger partial charge is 0.369 e. The first-order valence-corrected chi connectivity index (χ1v) is 8.06. The van der Waals surface area contributed by atoms with Crippen molar-refractivity contribution in [2.75, 3.05) is 24.5 Å². The van der Waals surface area contributed by atoms with E-state index in [9.17, 15) is 13.2 Å². The van der Waals surface area contributed by atoms with Crippen LogP contribution in [0.2, 0.25) is 0 Å². The van der Waals surface area contributed by atoms with Gasteiger partial charge in [0.2, 0.25) is 0 Å². The van der Waals surface area contributed by atoms with E-state index in [4.69, 9.17) is 0 Å². The molecular formula is C15H20BrF3N2. The lowest BCUT2D eigenvalue weighted by molar-refractivity contribution is -0.137. The summed E-state index contributed by atoms with van der Waals surface area (Å²) in [5.41, 5.74) is -0.276. The highest BCUT2D eigenvalue weighted by atomic mass is 79.9. The molecule has 0 aromatic heterocycles. The van der Waals surface area contributed by atoms with Gasteiger partial charge in [-0.1, -0.05) is 22.9 Å². The fourth-order valence-corrected chi connectivity index (χ4v) is 3.08. The molecule has 21 heavy (non-hydrogen) atoms. The minimum atomic E-state index is -4.33. The molecule has 1 aromatic rings. The predicted octanol–water partition coefficient (Wildman–Crippen LogP) is 4.44. The summed E-state index contributed by atoms with van der Waals surface area (Å²) in [7, 11) is 0. The van der Waals surface area contributed by atoms with Crippen LogP contribution in [0.5, 0.6) is 0 Å². The van der Waals surface area contributed by atoms with E-state index in [1.54, 1.807) is 12.1 Å². The summed E-state index contributed by atoms with van der Waals surface area (Å²) in [6.45, 7) is 4.30. The van der Waals surface area contributed by atoms with Gasteiger partial charge < -0.3 is 10.2 Å². The summed E-state index contributed by atoms with van der Waals surface area (Å²) in [4.78, 5) is 1.85. The number of benzene rings is 1. The summed E-state index contributed by atoms with van der Waals surface area (Å²) in [5.74, 6) is 0. The maximum absolute atomic E-state index is 13.2. The molecule has 1 aliphatic rings. The molecule has 0 radical (unpaired) electrons. The average molecular weight is 365 g/mol. The van der Waals surface area contributed by atoms with Crippen LogP contribution in [-0.2, 0) is 6.18 Å². The van der Waals surface area contributed by atoms with Crippen LogP contribution in [0.25, 0.3) is 0 Å². The van der Waals surface area contributed by atoms with Crippen LogP contribution in [0.15, 0.2) is 22.7 Å². The van der Waals surface area contributed by atoms with Crippen molar-refractivity contribution in [2.45, 2.75) is 38.4 Å². The van der Waals surface area contributed by atoms with E-state index in [1.807, 2.05) is 4.90 Å². The number of nitrogens with zero attached hydrogens (tertiary/aromatic N) is 1. The minimum absolute atomic E-state index is 0.267. The summed E-state index contributed by atoms with van der Waals surface area (Å²) in [5, 5.41) is 3.41. The Labute approximate surface area is 131 Å². The Morgan fingerprint density at radius 1 is 1.38 bits per heavy atom. The zero-order valence-electron chi connectivity index (χ0n) is 12.0. The number of anilines is 1. The Morgan fingerprint density at radius 2 is 2.14 bits per heavy atom. The third-order valence-corrected chi connectivity index (χ3v) is 4.20. The summed E-state index contributed by atoms with van der Waals surface area (Å²) in [6.07, 6.45) is -1.37. The molecule has 0 saturated carbocycles. The standard InChI is InChI=1S/C15H20BrF3N2/c1-2-7-20-12-4-3-8-21(10-12)14-6-5-11(16)9-13(14)15(17,18)19/h5-6,9,12,20H,2-4,7-8,10H2,1H3. The largest absolute Gasteiger partial charge is 0.418 e. The Hall–Kier alpha value is -0.750. The molecule has 1 atom stereocenters. The van der Waals surface area contributed by atoms with Gasteiger partial charge >= 0.3 is 6.18 Å². The van der Waals surface area contributed by atoms with Gasteiger partial charge in [0.1, 0.15) is 0 Å². The van der Waals surface area contributed by atoms with Crippen molar-refractivity contribution >= 4 is 21.6 Å². The molecule has 1 fully saturated rings. The first kappa shape index (κ1) is 16.6. The van der Waals surface area contributed by atoms with Crippen LogP contribution in [0, 0.1) is 0 Å². The summed E-state index contributed by atoms with van der Waals surface area (Å²) >= 11 is 3.13. The van der Waals surface area contributed by atoms with Gasteiger partial charge in [-0.3, -0.25) is 0 Å². The Bertz CT molecular complexity index is 476. The maximum atomic E-state index is 13.2. The highest BCUT2D eigenvalue weighted by molar-refractivity contribution is 9.10. The number of piperidine rings is 1. The Kier molecular flexibility index (Phi) is 5.54. The van der Waals surface area contributed by atoms with E-state index >= 15 is 0 Å². The third kappa shape index (κ3) is 4.36. The first-order valence-electron chi connectivity index (χ1n) is 7.27. The molecule has 0 amide bonds. The van der Waals surface area contributed by atoms with Crippen LogP contribution in [0.1, 0.15) is 31.7 Å². The van der Waals surface area contributed by atoms with Gasteiger partial charge in [0.05, 0.1) is 5.56 Å². The Morgan fingerprint density at radius 3 is 2.81 bits per heavy atom. The summed E-state index contributed by atoms with van der Waals surface area (Å²) in [6, 6.07) is 4.67. The second kappa shape index (κ2) is 7.01. The van der Waals surface area contributed by atoms with Crippen molar-refractivity contribution in [2.24, 2.45) is 0 Å².